The highest BCUT2D eigenvalue weighted by atomic mass is 35.5. The summed E-state index contributed by atoms with van der Waals surface area (Å²) in [6.45, 7) is 5.55. The molecule has 0 amide bonds. The van der Waals surface area contributed by atoms with Crippen LogP contribution in [0.3, 0.4) is 0 Å². The lowest BCUT2D eigenvalue weighted by atomic mass is 9.90. The van der Waals surface area contributed by atoms with Gasteiger partial charge >= 0.3 is 0 Å². The SMILES string of the molecule is Cc1nc(Cl)cc(N2CCN(c3nnc(C4CCCCC4)s3)CC2)n1. The van der Waals surface area contributed by atoms with Gasteiger partial charge in [-0.15, -0.1) is 10.2 Å². The highest BCUT2D eigenvalue weighted by Crippen LogP contribution is 2.36. The van der Waals surface area contributed by atoms with Gasteiger partial charge in [0, 0.05) is 38.2 Å². The molecule has 2 fully saturated rings. The summed E-state index contributed by atoms with van der Waals surface area (Å²) in [5, 5.41) is 11.8. The fourth-order valence-corrected chi connectivity index (χ4v) is 4.96. The largest absolute Gasteiger partial charge is 0.353 e. The molecule has 1 aliphatic carbocycles. The Labute approximate surface area is 157 Å². The number of aromatic nitrogens is 4. The molecule has 2 aliphatic rings. The minimum absolute atomic E-state index is 0.506. The van der Waals surface area contributed by atoms with E-state index in [1.807, 2.05) is 13.0 Å². The zero-order valence-corrected chi connectivity index (χ0v) is 16.1. The van der Waals surface area contributed by atoms with Crippen molar-refractivity contribution in [2.45, 2.75) is 44.9 Å². The van der Waals surface area contributed by atoms with Gasteiger partial charge in [-0.2, -0.15) is 0 Å². The van der Waals surface area contributed by atoms with Crippen LogP contribution in [0.1, 0.15) is 48.9 Å². The van der Waals surface area contributed by atoms with Crippen molar-refractivity contribution in [3.8, 4) is 0 Å². The molecule has 134 valence electrons. The van der Waals surface area contributed by atoms with Gasteiger partial charge in [-0.25, -0.2) is 9.97 Å². The Hall–Kier alpha value is -1.47. The fraction of sp³-hybridized carbons (Fsp3) is 0.647. The van der Waals surface area contributed by atoms with Gasteiger partial charge in [-0.1, -0.05) is 42.2 Å². The Morgan fingerprint density at radius 2 is 1.72 bits per heavy atom. The second-order valence-electron chi connectivity index (χ2n) is 6.83. The summed E-state index contributed by atoms with van der Waals surface area (Å²) in [5.74, 6) is 2.26. The van der Waals surface area contributed by atoms with Gasteiger partial charge in [0.15, 0.2) is 0 Å². The number of hydrogen-bond acceptors (Lipinski definition) is 7. The van der Waals surface area contributed by atoms with Gasteiger partial charge in [0.05, 0.1) is 0 Å². The predicted octanol–water partition coefficient (Wildman–Crippen LogP) is 3.66. The van der Waals surface area contributed by atoms with E-state index in [2.05, 4.69) is 30.0 Å². The molecule has 0 spiro atoms. The summed E-state index contributed by atoms with van der Waals surface area (Å²) in [7, 11) is 0. The number of rotatable bonds is 3. The Kier molecular flexibility index (Phi) is 5.03. The first-order chi connectivity index (χ1) is 12.2. The lowest BCUT2D eigenvalue weighted by Crippen LogP contribution is -2.46. The first-order valence-corrected chi connectivity index (χ1v) is 10.2. The Bertz CT molecular complexity index is 701. The van der Waals surface area contributed by atoms with Gasteiger partial charge < -0.3 is 9.80 Å². The molecule has 6 nitrogen and oxygen atoms in total. The van der Waals surface area contributed by atoms with Crippen LogP contribution in [0.2, 0.25) is 5.15 Å². The van der Waals surface area contributed by atoms with Crippen molar-refractivity contribution in [2.24, 2.45) is 0 Å². The lowest BCUT2D eigenvalue weighted by Gasteiger charge is -2.35. The zero-order chi connectivity index (χ0) is 17.2. The van der Waals surface area contributed by atoms with Crippen LogP contribution in [0, 0.1) is 6.92 Å². The summed E-state index contributed by atoms with van der Waals surface area (Å²) < 4.78 is 0. The smallest absolute Gasteiger partial charge is 0.208 e. The highest BCUT2D eigenvalue weighted by Gasteiger charge is 2.24. The lowest BCUT2D eigenvalue weighted by molar-refractivity contribution is 0.440. The molecule has 0 atom stereocenters. The first kappa shape index (κ1) is 17.0. The van der Waals surface area contributed by atoms with E-state index in [0.717, 1.165) is 37.1 Å². The second kappa shape index (κ2) is 7.41. The number of nitrogens with zero attached hydrogens (tertiary/aromatic N) is 6. The summed E-state index contributed by atoms with van der Waals surface area (Å²) in [6.07, 6.45) is 6.58. The second-order valence-corrected chi connectivity index (χ2v) is 8.20. The summed E-state index contributed by atoms with van der Waals surface area (Å²) >= 11 is 7.85. The molecular formula is C17H23ClN6S. The van der Waals surface area contributed by atoms with Gasteiger partial charge in [0.25, 0.3) is 0 Å². The van der Waals surface area contributed by atoms with Crippen LogP contribution in [0.25, 0.3) is 0 Å². The highest BCUT2D eigenvalue weighted by molar-refractivity contribution is 7.15. The Morgan fingerprint density at radius 3 is 2.44 bits per heavy atom. The number of anilines is 2. The molecule has 1 saturated heterocycles. The molecule has 0 unspecified atom stereocenters. The standard InChI is InChI=1S/C17H23ClN6S/c1-12-19-14(18)11-15(20-12)23-7-9-24(10-8-23)17-22-21-16(25-17)13-5-3-2-4-6-13/h11,13H,2-10H2,1H3. The van der Waals surface area contributed by atoms with Crippen LogP contribution in [-0.2, 0) is 0 Å². The molecule has 2 aromatic heterocycles. The van der Waals surface area contributed by atoms with Gasteiger partial charge in [-0.3, -0.25) is 0 Å². The quantitative estimate of drug-likeness (QED) is 0.759. The van der Waals surface area contributed by atoms with Crippen LogP contribution >= 0.6 is 22.9 Å². The Balaban J connectivity index is 1.39. The van der Waals surface area contributed by atoms with E-state index >= 15 is 0 Å². The van der Waals surface area contributed by atoms with Crippen molar-refractivity contribution < 1.29 is 0 Å². The minimum atomic E-state index is 0.506. The van der Waals surface area contributed by atoms with E-state index < -0.39 is 0 Å². The number of piperazine rings is 1. The molecule has 3 heterocycles. The van der Waals surface area contributed by atoms with Crippen molar-refractivity contribution in [1.29, 1.82) is 0 Å². The fourth-order valence-electron chi connectivity index (χ4n) is 3.67. The van der Waals surface area contributed by atoms with Gasteiger partial charge in [0.2, 0.25) is 5.13 Å². The normalized spacial score (nSPS) is 19.4. The number of aryl methyl sites for hydroxylation is 1. The third-order valence-electron chi connectivity index (χ3n) is 5.05. The van der Waals surface area contributed by atoms with Crippen LogP contribution < -0.4 is 9.80 Å². The summed E-state index contributed by atoms with van der Waals surface area (Å²) in [6, 6.07) is 1.84. The molecule has 25 heavy (non-hydrogen) atoms. The van der Waals surface area contributed by atoms with E-state index in [-0.39, 0.29) is 0 Å². The monoisotopic (exact) mass is 378 g/mol. The molecule has 0 bridgehead atoms. The molecule has 0 aromatic carbocycles. The molecular weight excluding hydrogens is 356 g/mol. The molecule has 1 saturated carbocycles. The molecule has 0 radical (unpaired) electrons. The van der Waals surface area contributed by atoms with Crippen LogP contribution in [0.15, 0.2) is 6.07 Å². The third-order valence-corrected chi connectivity index (χ3v) is 6.39. The maximum atomic E-state index is 6.07. The molecule has 0 N–H and O–H groups in total. The van der Waals surface area contributed by atoms with Crippen molar-refractivity contribution >= 4 is 33.9 Å². The molecule has 2 aromatic rings. The molecule has 4 rings (SSSR count). The number of halogens is 1. The molecule has 1 aliphatic heterocycles. The van der Waals surface area contributed by atoms with E-state index in [9.17, 15) is 0 Å². The summed E-state index contributed by atoms with van der Waals surface area (Å²) in [5.41, 5.74) is 0. The van der Waals surface area contributed by atoms with Crippen LogP contribution in [-0.4, -0.2) is 46.3 Å². The maximum Gasteiger partial charge on any atom is 0.208 e. The van der Waals surface area contributed by atoms with Crippen molar-refractivity contribution in [1.82, 2.24) is 20.2 Å². The van der Waals surface area contributed by atoms with E-state index in [0.29, 0.717) is 16.9 Å². The van der Waals surface area contributed by atoms with Crippen molar-refractivity contribution in [2.75, 3.05) is 36.0 Å². The predicted molar refractivity (Wildman–Crippen MR) is 102 cm³/mol. The average Bonchev–Trinajstić information content (AvgIpc) is 3.12. The maximum absolute atomic E-state index is 6.07. The van der Waals surface area contributed by atoms with Crippen molar-refractivity contribution in [3.05, 3.63) is 22.1 Å². The van der Waals surface area contributed by atoms with Gasteiger partial charge in [-0.05, 0) is 19.8 Å². The first-order valence-electron chi connectivity index (χ1n) is 9.03. The van der Waals surface area contributed by atoms with E-state index in [1.165, 1.54) is 37.1 Å². The van der Waals surface area contributed by atoms with Crippen LogP contribution in [0.4, 0.5) is 10.9 Å². The van der Waals surface area contributed by atoms with Gasteiger partial charge in [0.1, 0.15) is 21.8 Å². The summed E-state index contributed by atoms with van der Waals surface area (Å²) in [4.78, 5) is 13.3. The van der Waals surface area contributed by atoms with E-state index in [1.54, 1.807) is 11.3 Å². The van der Waals surface area contributed by atoms with Crippen LogP contribution in [0.5, 0.6) is 0 Å². The molecule has 8 heteroatoms. The topological polar surface area (TPSA) is 58.0 Å². The average molecular weight is 379 g/mol. The third kappa shape index (κ3) is 3.87. The van der Waals surface area contributed by atoms with Crippen molar-refractivity contribution in [3.63, 3.8) is 0 Å². The Morgan fingerprint density at radius 1 is 1.00 bits per heavy atom. The number of hydrogen-bond donors (Lipinski definition) is 0. The van der Waals surface area contributed by atoms with E-state index in [4.69, 9.17) is 11.6 Å². The minimum Gasteiger partial charge on any atom is -0.353 e. The zero-order valence-electron chi connectivity index (χ0n) is 14.5.